The molecule has 0 aliphatic carbocycles. The van der Waals surface area contributed by atoms with Crippen molar-refractivity contribution in [3.63, 3.8) is 0 Å². The highest BCUT2D eigenvalue weighted by Gasteiger charge is 2.37. The highest BCUT2D eigenvalue weighted by molar-refractivity contribution is 7.92. The van der Waals surface area contributed by atoms with Crippen molar-refractivity contribution < 1.29 is 22.7 Å². The predicted octanol–water partition coefficient (Wildman–Crippen LogP) is 3.76. The monoisotopic (exact) mass is 480 g/mol. The molecule has 0 fully saturated rings. The van der Waals surface area contributed by atoms with Gasteiger partial charge in [-0.3, -0.25) is 9.10 Å². The molecule has 0 saturated carbocycles. The van der Waals surface area contributed by atoms with Gasteiger partial charge in [0.05, 0.1) is 23.7 Å². The van der Waals surface area contributed by atoms with Gasteiger partial charge in [-0.2, -0.15) is 0 Å². The number of hydrogen-bond donors (Lipinski definition) is 1. The Bertz CT molecular complexity index is 1290. The van der Waals surface area contributed by atoms with E-state index in [-0.39, 0.29) is 24.6 Å². The number of amides is 1. The Morgan fingerprint density at radius 1 is 1.03 bits per heavy atom. The summed E-state index contributed by atoms with van der Waals surface area (Å²) in [5.41, 5.74) is 3.42. The van der Waals surface area contributed by atoms with Gasteiger partial charge in [-0.25, -0.2) is 8.42 Å². The van der Waals surface area contributed by atoms with Gasteiger partial charge < -0.3 is 14.8 Å². The molecule has 7 nitrogen and oxygen atoms in total. The fourth-order valence-corrected chi connectivity index (χ4v) is 5.25. The smallest absolute Gasteiger partial charge is 0.264 e. The molecule has 0 radical (unpaired) electrons. The van der Waals surface area contributed by atoms with Crippen LogP contribution in [0.25, 0.3) is 0 Å². The van der Waals surface area contributed by atoms with E-state index >= 15 is 0 Å². The number of anilines is 1. The number of carbonyl (C=O) groups excluding carboxylic acids is 1. The maximum atomic E-state index is 13.4. The van der Waals surface area contributed by atoms with Gasteiger partial charge in [0.15, 0.2) is 6.10 Å². The van der Waals surface area contributed by atoms with Crippen molar-refractivity contribution in [3.8, 4) is 11.5 Å². The van der Waals surface area contributed by atoms with Crippen LogP contribution in [0.15, 0.2) is 71.6 Å². The molecule has 3 aromatic rings. The Morgan fingerprint density at radius 2 is 1.74 bits per heavy atom. The third kappa shape index (κ3) is 5.02. The number of nitrogens with one attached hydrogen (secondary N) is 1. The molecule has 0 spiro atoms. The van der Waals surface area contributed by atoms with E-state index in [1.165, 1.54) is 4.31 Å². The Morgan fingerprint density at radius 3 is 2.50 bits per heavy atom. The third-order valence-electron chi connectivity index (χ3n) is 5.61. The second kappa shape index (κ2) is 9.77. The van der Waals surface area contributed by atoms with Crippen LogP contribution in [0.1, 0.15) is 16.7 Å². The normalized spacial score (nSPS) is 15.3. The molecule has 3 aromatic carbocycles. The lowest BCUT2D eigenvalue weighted by Gasteiger charge is -2.35. The van der Waals surface area contributed by atoms with Gasteiger partial charge in [0.25, 0.3) is 15.9 Å². The summed E-state index contributed by atoms with van der Waals surface area (Å²) in [5.74, 6) is 0.732. The largest absolute Gasteiger partial charge is 0.491 e. The number of ether oxygens (including phenoxy) is 2. The first-order valence-corrected chi connectivity index (χ1v) is 12.5. The van der Waals surface area contributed by atoms with E-state index in [2.05, 4.69) is 5.32 Å². The predicted molar refractivity (Wildman–Crippen MR) is 131 cm³/mol. The fourth-order valence-electron chi connectivity index (χ4n) is 3.76. The Hall–Kier alpha value is -3.52. The number of fused-ring (bicyclic) bond motifs is 1. The first-order valence-electron chi connectivity index (χ1n) is 11.1. The SMILES string of the molecule is Cc1ccc(C)c(OCCNC(=O)C2CN(S(=O)(=O)c3ccccc3)c3ccc(C)cc3O2)c1. The number of rotatable bonds is 7. The molecule has 1 amide bonds. The number of carbonyl (C=O) groups is 1. The standard InChI is InChI=1S/C26H28N2O5S/c1-18-9-11-20(3)23(15-18)32-14-13-27-26(29)25-17-28(22-12-10-19(2)16-24(22)33-25)34(30,31)21-7-5-4-6-8-21/h4-12,15-16,25H,13-14,17H2,1-3H3,(H,27,29). The van der Waals surface area contributed by atoms with Crippen LogP contribution < -0.4 is 19.1 Å². The quantitative estimate of drug-likeness (QED) is 0.521. The van der Waals surface area contributed by atoms with E-state index in [0.717, 1.165) is 22.4 Å². The average molecular weight is 481 g/mol. The Kier molecular flexibility index (Phi) is 6.79. The van der Waals surface area contributed by atoms with Crippen LogP contribution in [0.4, 0.5) is 5.69 Å². The van der Waals surface area contributed by atoms with Crippen molar-refractivity contribution in [2.75, 3.05) is 24.0 Å². The van der Waals surface area contributed by atoms with E-state index < -0.39 is 22.0 Å². The van der Waals surface area contributed by atoms with Gasteiger partial charge in [-0.05, 0) is 67.8 Å². The molecule has 8 heteroatoms. The Labute approximate surface area is 200 Å². The van der Waals surface area contributed by atoms with E-state index in [1.807, 2.05) is 45.0 Å². The molecule has 178 valence electrons. The molecule has 1 aliphatic rings. The zero-order valence-corrected chi connectivity index (χ0v) is 20.3. The molecule has 4 rings (SSSR count). The summed E-state index contributed by atoms with van der Waals surface area (Å²) in [6.45, 7) is 6.25. The first-order chi connectivity index (χ1) is 16.3. The van der Waals surface area contributed by atoms with Gasteiger partial charge >= 0.3 is 0 Å². The van der Waals surface area contributed by atoms with Gasteiger partial charge in [0.1, 0.15) is 18.1 Å². The zero-order valence-electron chi connectivity index (χ0n) is 19.4. The Balaban J connectivity index is 1.48. The zero-order chi connectivity index (χ0) is 24.3. The number of nitrogens with zero attached hydrogens (tertiary/aromatic N) is 1. The van der Waals surface area contributed by atoms with Crippen LogP contribution in [0, 0.1) is 20.8 Å². The van der Waals surface area contributed by atoms with Crippen LogP contribution in [0.3, 0.4) is 0 Å². The maximum absolute atomic E-state index is 13.4. The number of hydrogen-bond acceptors (Lipinski definition) is 5. The van der Waals surface area contributed by atoms with Crippen molar-refractivity contribution in [1.29, 1.82) is 0 Å². The summed E-state index contributed by atoms with van der Waals surface area (Å²) in [6, 6.07) is 19.4. The number of sulfonamides is 1. The molecule has 1 atom stereocenters. The summed E-state index contributed by atoms with van der Waals surface area (Å²) in [6.07, 6.45) is -0.992. The topological polar surface area (TPSA) is 84.9 Å². The summed E-state index contributed by atoms with van der Waals surface area (Å²) in [7, 11) is -3.88. The summed E-state index contributed by atoms with van der Waals surface area (Å²) < 4.78 is 39.8. The second-order valence-electron chi connectivity index (χ2n) is 8.34. The highest BCUT2D eigenvalue weighted by Crippen LogP contribution is 2.37. The molecule has 1 unspecified atom stereocenters. The molecule has 1 heterocycles. The van der Waals surface area contributed by atoms with Crippen LogP contribution in [-0.4, -0.2) is 40.1 Å². The minimum Gasteiger partial charge on any atom is -0.491 e. The summed E-state index contributed by atoms with van der Waals surface area (Å²) in [4.78, 5) is 13.1. The van der Waals surface area contributed by atoms with Gasteiger partial charge in [0, 0.05) is 0 Å². The van der Waals surface area contributed by atoms with E-state index in [9.17, 15) is 13.2 Å². The molecular weight excluding hydrogens is 452 g/mol. The van der Waals surface area contributed by atoms with Gasteiger partial charge in [-0.15, -0.1) is 0 Å². The average Bonchev–Trinajstić information content (AvgIpc) is 2.83. The molecular formula is C26H28N2O5S. The third-order valence-corrected chi connectivity index (χ3v) is 7.40. The van der Waals surface area contributed by atoms with E-state index in [4.69, 9.17) is 9.47 Å². The minimum atomic E-state index is -3.88. The second-order valence-corrected chi connectivity index (χ2v) is 10.2. The number of benzene rings is 3. The lowest BCUT2D eigenvalue weighted by atomic mass is 10.1. The molecule has 0 bridgehead atoms. The molecule has 0 aromatic heterocycles. The molecule has 1 aliphatic heterocycles. The van der Waals surface area contributed by atoms with Crippen molar-refractivity contribution in [1.82, 2.24) is 5.32 Å². The lowest BCUT2D eigenvalue weighted by molar-refractivity contribution is -0.127. The van der Waals surface area contributed by atoms with Crippen molar-refractivity contribution in [2.45, 2.75) is 31.8 Å². The van der Waals surface area contributed by atoms with Crippen LogP contribution in [0.5, 0.6) is 11.5 Å². The first kappa shape index (κ1) is 23.6. The summed E-state index contributed by atoms with van der Waals surface area (Å²) >= 11 is 0. The highest BCUT2D eigenvalue weighted by atomic mass is 32.2. The van der Waals surface area contributed by atoms with Gasteiger partial charge in [-0.1, -0.05) is 36.4 Å². The summed E-state index contributed by atoms with van der Waals surface area (Å²) in [5, 5.41) is 2.80. The minimum absolute atomic E-state index is 0.128. The molecule has 0 saturated heterocycles. The van der Waals surface area contributed by atoms with Crippen LogP contribution in [-0.2, 0) is 14.8 Å². The molecule has 34 heavy (non-hydrogen) atoms. The number of aryl methyl sites for hydroxylation is 3. The van der Waals surface area contributed by atoms with E-state index in [0.29, 0.717) is 11.4 Å². The van der Waals surface area contributed by atoms with E-state index in [1.54, 1.807) is 42.5 Å². The maximum Gasteiger partial charge on any atom is 0.264 e. The van der Waals surface area contributed by atoms with Gasteiger partial charge in [0.2, 0.25) is 0 Å². The van der Waals surface area contributed by atoms with Crippen molar-refractivity contribution in [2.24, 2.45) is 0 Å². The van der Waals surface area contributed by atoms with Crippen LogP contribution >= 0.6 is 0 Å². The molecule has 1 N–H and O–H groups in total. The van der Waals surface area contributed by atoms with Crippen molar-refractivity contribution >= 4 is 21.6 Å². The fraction of sp³-hybridized carbons (Fsp3) is 0.269. The van der Waals surface area contributed by atoms with Crippen LogP contribution in [0.2, 0.25) is 0 Å². The lowest BCUT2D eigenvalue weighted by Crippen LogP contribution is -2.51. The van der Waals surface area contributed by atoms with Crippen molar-refractivity contribution in [3.05, 3.63) is 83.4 Å².